The first-order chi connectivity index (χ1) is 7.22. The first kappa shape index (κ1) is 21.2. The van der Waals surface area contributed by atoms with Gasteiger partial charge in [0.25, 0.3) is 0 Å². The molecule has 0 N–H and O–H groups in total. The van der Waals surface area contributed by atoms with E-state index in [1.165, 1.54) is 25.9 Å². The van der Waals surface area contributed by atoms with Crippen molar-refractivity contribution in [2.75, 3.05) is 33.4 Å². The number of hydrogen-bond donors (Lipinski definition) is 0. The molecule has 0 heterocycles. The molecule has 0 aromatic carbocycles. The Labute approximate surface area is 104 Å². The molecule has 0 fully saturated rings. The van der Waals surface area contributed by atoms with Gasteiger partial charge < -0.3 is 9.64 Å². The highest BCUT2D eigenvalue weighted by Gasteiger charge is 1.90. The molecule has 0 atom stereocenters. The van der Waals surface area contributed by atoms with Crippen LogP contribution in [0, 0.1) is 0 Å². The average Bonchev–Trinajstić information content (AvgIpc) is 2.20. The molecule has 2 heteroatoms. The summed E-state index contributed by atoms with van der Waals surface area (Å²) in [6.07, 6.45) is 4.83. The lowest BCUT2D eigenvalue weighted by atomic mass is 10.4. The molecular weight excluding hydrogens is 198 g/mol. The summed E-state index contributed by atoms with van der Waals surface area (Å²) in [4.78, 5) is 2.36. The van der Waals surface area contributed by atoms with Crippen LogP contribution in [0.15, 0.2) is 0 Å². The molecular formula is C14H35NO. The summed E-state index contributed by atoms with van der Waals surface area (Å²) in [5.74, 6) is 0. The summed E-state index contributed by atoms with van der Waals surface area (Å²) >= 11 is 0. The van der Waals surface area contributed by atoms with Crippen LogP contribution in [0.25, 0.3) is 0 Å². The number of ether oxygens (including phenoxy) is 1. The third-order valence-electron chi connectivity index (χ3n) is 1.91. The Morgan fingerprint density at radius 2 is 1.12 bits per heavy atom. The highest BCUT2D eigenvalue weighted by Crippen LogP contribution is 1.87. The molecule has 0 amide bonds. The second-order valence-electron chi connectivity index (χ2n) is 3.92. The Morgan fingerprint density at radius 1 is 0.750 bits per heavy atom. The van der Waals surface area contributed by atoms with Gasteiger partial charge >= 0.3 is 0 Å². The van der Waals surface area contributed by atoms with Crippen LogP contribution in [0.3, 0.4) is 0 Å². The standard InChI is InChI=1S/C7H17N.C6H14O.CH4/c1-4-6-8(3)7-5-2;1-3-5-7-6-4-2;/h4-7H2,1-3H3;3-6H2,1-2H3;1H4. The van der Waals surface area contributed by atoms with Crippen molar-refractivity contribution >= 4 is 0 Å². The van der Waals surface area contributed by atoms with Gasteiger partial charge in [0.05, 0.1) is 0 Å². The molecule has 0 saturated carbocycles. The number of nitrogens with zero attached hydrogens (tertiary/aromatic N) is 1. The minimum Gasteiger partial charge on any atom is -0.381 e. The highest BCUT2D eigenvalue weighted by molar-refractivity contribution is 4.45. The van der Waals surface area contributed by atoms with Gasteiger partial charge in [0, 0.05) is 13.2 Å². The Hall–Kier alpha value is -0.0800. The predicted octanol–water partition coefficient (Wildman–Crippen LogP) is 4.20. The molecule has 0 aromatic rings. The Balaban J connectivity index is -0.000000200. The van der Waals surface area contributed by atoms with E-state index in [1.54, 1.807) is 0 Å². The van der Waals surface area contributed by atoms with Crippen molar-refractivity contribution in [3.05, 3.63) is 0 Å². The zero-order valence-corrected chi connectivity index (χ0v) is 11.5. The maximum atomic E-state index is 5.13. The molecule has 0 rings (SSSR count). The minimum absolute atomic E-state index is 0. The Kier molecular flexibility index (Phi) is 27.0. The lowest BCUT2D eigenvalue weighted by Crippen LogP contribution is -2.19. The van der Waals surface area contributed by atoms with E-state index in [9.17, 15) is 0 Å². The molecule has 0 radical (unpaired) electrons. The van der Waals surface area contributed by atoms with E-state index in [0.717, 1.165) is 26.1 Å². The van der Waals surface area contributed by atoms with E-state index in [2.05, 4.69) is 39.6 Å². The molecule has 0 bridgehead atoms. The van der Waals surface area contributed by atoms with Crippen molar-refractivity contribution in [1.29, 1.82) is 0 Å². The minimum atomic E-state index is 0. The zero-order valence-electron chi connectivity index (χ0n) is 11.5. The van der Waals surface area contributed by atoms with Crippen molar-refractivity contribution in [3.63, 3.8) is 0 Å². The van der Waals surface area contributed by atoms with Gasteiger partial charge in [-0.3, -0.25) is 0 Å². The van der Waals surface area contributed by atoms with Gasteiger partial charge in [-0.2, -0.15) is 0 Å². The molecule has 2 nitrogen and oxygen atoms in total. The van der Waals surface area contributed by atoms with Gasteiger partial charge in [0.1, 0.15) is 0 Å². The molecule has 0 aliphatic heterocycles. The molecule has 0 unspecified atom stereocenters. The topological polar surface area (TPSA) is 12.5 Å². The molecule has 0 aliphatic carbocycles. The van der Waals surface area contributed by atoms with Crippen LogP contribution in [0.4, 0.5) is 0 Å². The third kappa shape index (κ3) is 23.6. The largest absolute Gasteiger partial charge is 0.381 e. The lowest BCUT2D eigenvalue weighted by molar-refractivity contribution is 0.135. The van der Waals surface area contributed by atoms with Gasteiger partial charge in [-0.25, -0.2) is 0 Å². The van der Waals surface area contributed by atoms with Gasteiger partial charge in [0.15, 0.2) is 0 Å². The molecule has 0 aliphatic rings. The fourth-order valence-corrected chi connectivity index (χ4v) is 1.27. The van der Waals surface area contributed by atoms with Gasteiger partial charge in [-0.05, 0) is 45.8 Å². The fraction of sp³-hybridized carbons (Fsp3) is 1.00. The predicted molar refractivity (Wildman–Crippen MR) is 76.2 cm³/mol. The summed E-state index contributed by atoms with van der Waals surface area (Å²) in [7, 11) is 2.17. The van der Waals surface area contributed by atoms with E-state index < -0.39 is 0 Å². The summed E-state index contributed by atoms with van der Waals surface area (Å²) in [6.45, 7) is 13.0. The second kappa shape index (κ2) is 20.3. The van der Waals surface area contributed by atoms with Crippen molar-refractivity contribution in [2.45, 2.75) is 60.8 Å². The second-order valence-corrected chi connectivity index (χ2v) is 3.92. The summed E-state index contributed by atoms with van der Waals surface area (Å²) in [6, 6.07) is 0. The van der Waals surface area contributed by atoms with Gasteiger partial charge in [0.2, 0.25) is 0 Å². The van der Waals surface area contributed by atoms with E-state index >= 15 is 0 Å². The molecule has 0 aromatic heterocycles. The number of hydrogen-bond acceptors (Lipinski definition) is 2. The first-order valence-electron chi connectivity index (χ1n) is 6.49. The maximum Gasteiger partial charge on any atom is 0.0463 e. The van der Waals surface area contributed by atoms with Crippen molar-refractivity contribution < 1.29 is 4.74 Å². The maximum absolute atomic E-state index is 5.13. The number of rotatable bonds is 8. The average molecular weight is 233 g/mol. The summed E-state index contributed by atoms with van der Waals surface area (Å²) in [5, 5.41) is 0. The van der Waals surface area contributed by atoms with E-state index in [1.807, 2.05) is 0 Å². The van der Waals surface area contributed by atoms with Crippen molar-refractivity contribution in [3.8, 4) is 0 Å². The zero-order chi connectivity index (χ0) is 11.9. The summed E-state index contributed by atoms with van der Waals surface area (Å²) in [5.41, 5.74) is 0. The molecule has 16 heavy (non-hydrogen) atoms. The van der Waals surface area contributed by atoms with Crippen LogP contribution in [0.1, 0.15) is 60.8 Å². The van der Waals surface area contributed by atoms with Gasteiger partial charge in [-0.1, -0.05) is 35.1 Å². The van der Waals surface area contributed by atoms with Crippen LogP contribution in [-0.4, -0.2) is 38.3 Å². The Morgan fingerprint density at radius 3 is 1.38 bits per heavy atom. The van der Waals surface area contributed by atoms with Crippen LogP contribution < -0.4 is 0 Å². The van der Waals surface area contributed by atoms with E-state index in [0.29, 0.717) is 0 Å². The third-order valence-corrected chi connectivity index (χ3v) is 1.91. The molecule has 102 valence electrons. The van der Waals surface area contributed by atoms with Gasteiger partial charge in [-0.15, -0.1) is 0 Å². The molecule has 0 saturated heterocycles. The smallest absolute Gasteiger partial charge is 0.0463 e. The normalized spacial score (nSPS) is 9.38. The van der Waals surface area contributed by atoms with Crippen LogP contribution in [0.2, 0.25) is 0 Å². The summed E-state index contributed by atoms with van der Waals surface area (Å²) < 4.78 is 5.13. The monoisotopic (exact) mass is 233 g/mol. The van der Waals surface area contributed by atoms with Crippen LogP contribution >= 0.6 is 0 Å². The van der Waals surface area contributed by atoms with Crippen molar-refractivity contribution in [1.82, 2.24) is 4.90 Å². The Bertz CT molecular complexity index is 86.7. The van der Waals surface area contributed by atoms with Crippen LogP contribution in [-0.2, 0) is 4.74 Å². The van der Waals surface area contributed by atoms with Crippen molar-refractivity contribution in [2.24, 2.45) is 0 Å². The lowest BCUT2D eigenvalue weighted by Gasteiger charge is -2.12. The quantitative estimate of drug-likeness (QED) is 0.583. The van der Waals surface area contributed by atoms with E-state index in [-0.39, 0.29) is 7.43 Å². The SMILES string of the molecule is C.CCCN(C)CCC.CCCOCCC. The molecule has 0 spiro atoms. The first-order valence-corrected chi connectivity index (χ1v) is 6.49. The van der Waals surface area contributed by atoms with E-state index in [4.69, 9.17) is 4.74 Å². The highest BCUT2D eigenvalue weighted by atomic mass is 16.5. The fourth-order valence-electron chi connectivity index (χ4n) is 1.27. The van der Waals surface area contributed by atoms with Crippen LogP contribution in [0.5, 0.6) is 0 Å².